The molecule has 1 aliphatic rings. The second-order valence-corrected chi connectivity index (χ2v) is 4.96. The minimum Gasteiger partial charge on any atom is -0.476 e. The van der Waals surface area contributed by atoms with Gasteiger partial charge in [0, 0.05) is 25.3 Å². The summed E-state index contributed by atoms with van der Waals surface area (Å²) in [6, 6.07) is 5.69. The molecule has 0 saturated carbocycles. The molecule has 6 heteroatoms. The number of aryl methyl sites for hydroxylation is 1. The van der Waals surface area contributed by atoms with Crippen LogP contribution in [0.15, 0.2) is 18.2 Å². The fraction of sp³-hybridized carbons (Fsp3) is 0.429. The maximum absolute atomic E-state index is 11.4. The van der Waals surface area contributed by atoms with Crippen LogP contribution in [0.3, 0.4) is 0 Å². The number of nitrogens with zero attached hydrogens (tertiary/aromatic N) is 3. The minimum absolute atomic E-state index is 0.144. The van der Waals surface area contributed by atoms with Crippen molar-refractivity contribution in [2.75, 3.05) is 26.3 Å². The number of morpholine rings is 1. The lowest BCUT2D eigenvalue weighted by atomic mass is 10.2. The quantitative estimate of drug-likeness (QED) is 0.911. The zero-order chi connectivity index (χ0) is 14.1. The molecule has 0 bridgehead atoms. The third-order valence-electron chi connectivity index (χ3n) is 3.61. The molecule has 1 fully saturated rings. The third-order valence-corrected chi connectivity index (χ3v) is 3.61. The van der Waals surface area contributed by atoms with E-state index in [4.69, 9.17) is 4.74 Å². The molecule has 0 atom stereocenters. The van der Waals surface area contributed by atoms with Gasteiger partial charge in [0.25, 0.3) is 0 Å². The van der Waals surface area contributed by atoms with Gasteiger partial charge >= 0.3 is 5.97 Å². The number of pyridine rings is 1. The molecule has 2 aromatic rings. The molecule has 20 heavy (non-hydrogen) atoms. The Morgan fingerprint density at radius 3 is 2.85 bits per heavy atom. The Labute approximate surface area is 116 Å². The van der Waals surface area contributed by atoms with E-state index in [1.165, 1.54) is 0 Å². The summed E-state index contributed by atoms with van der Waals surface area (Å²) in [5, 5.41) is 9.37. The highest BCUT2D eigenvalue weighted by Gasteiger charge is 2.22. The van der Waals surface area contributed by atoms with Gasteiger partial charge in [-0.1, -0.05) is 6.07 Å². The second kappa shape index (κ2) is 5.22. The summed E-state index contributed by atoms with van der Waals surface area (Å²) in [6.07, 6.45) is 0. The van der Waals surface area contributed by atoms with Gasteiger partial charge in [0.2, 0.25) is 0 Å². The lowest BCUT2D eigenvalue weighted by Crippen LogP contribution is -2.36. The van der Waals surface area contributed by atoms with Gasteiger partial charge in [-0.25, -0.2) is 9.78 Å². The minimum atomic E-state index is -0.976. The molecule has 1 N–H and O–H groups in total. The highest BCUT2D eigenvalue weighted by molar-refractivity contribution is 5.88. The van der Waals surface area contributed by atoms with Crippen molar-refractivity contribution in [2.45, 2.75) is 13.5 Å². The van der Waals surface area contributed by atoms with E-state index in [-0.39, 0.29) is 5.69 Å². The van der Waals surface area contributed by atoms with Gasteiger partial charge in [0.1, 0.15) is 5.65 Å². The van der Waals surface area contributed by atoms with Crippen LogP contribution in [0.2, 0.25) is 0 Å². The van der Waals surface area contributed by atoms with Crippen LogP contribution in [0.5, 0.6) is 0 Å². The van der Waals surface area contributed by atoms with Gasteiger partial charge in [0.05, 0.1) is 18.9 Å². The number of aromatic carboxylic acids is 1. The molecule has 1 aliphatic heterocycles. The lowest BCUT2D eigenvalue weighted by Gasteiger charge is -2.26. The molecule has 0 aromatic carbocycles. The summed E-state index contributed by atoms with van der Waals surface area (Å²) in [6.45, 7) is 5.56. The van der Waals surface area contributed by atoms with Crippen molar-refractivity contribution in [1.82, 2.24) is 14.3 Å². The molecule has 0 amide bonds. The van der Waals surface area contributed by atoms with Crippen LogP contribution >= 0.6 is 0 Å². The number of imidazole rings is 1. The van der Waals surface area contributed by atoms with E-state index in [0.29, 0.717) is 25.4 Å². The number of carboxylic acid groups (broad SMARTS) is 1. The normalized spacial score (nSPS) is 16.6. The van der Waals surface area contributed by atoms with Crippen LogP contribution in [0.25, 0.3) is 5.65 Å². The largest absolute Gasteiger partial charge is 0.476 e. The first-order valence-electron chi connectivity index (χ1n) is 6.67. The van der Waals surface area contributed by atoms with E-state index in [0.717, 1.165) is 24.5 Å². The number of hydrogen-bond acceptors (Lipinski definition) is 4. The number of carboxylic acids is 1. The molecule has 1 saturated heterocycles. The number of hydrogen-bond donors (Lipinski definition) is 1. The SMILES string of the molecule is Cc1cccc2nc(C(=O)O)c(CN3CCOCC3)n12. The zero-order valence-electron chi connectivity index (χ0n) is 11.4. The smallest absolute Gasteiger partial charge is 0.356 e. The number of carbonyl (C=O) groups is 1. The summed E-state index contributed by atoms with van der Waals surface area (Å²) in [4.78, 5) is 17.9. The van der Waals surface area contributed by atoms with Crippen molar-refractivity contribution in [3.8, 4) is 0 Å². The van der Waals surface area contributed by atoms with Gasteiger partial charge in [-0.3, -0.25) is 9.30 Å². The fourth-order valence-corrected chi connectivity index (χ4v) is 2.61. The molecule has 0 unspecified atom stereocenters. The molecule has 0 spiro atoms. The van der Waals surface area contributed by atoms with Crippen LogP contribution in [-0.2, 0) is 11.3 Å². The van der Waals surface area contributed by atoms with E-state index < -0.39 is 5.97 Å². The van der Waals surface area contributed by atoms with Crippen molar-refractivity contribution < 1.29 is 14.6 Å². The van der Waals surface area contributed by atoms with Crippen molar-refractivity contribution in [3.63, 3.8) is 0 Å². The summed E-state index contributed by atoms with van der Waals surface area (Å²) in [7, 11) is 0. The first kappa shape index (κ1) is 13.1. The van der Waals surface area contributed by atoms with E-state index >= 15 is 0 Å². The average Bonchev–Trinajstić information content (AvgIpc) is 2.80. The monoisotopic (exact) mass is 275 g/mol. The Hall–Kier alpha value is -1.92. The van der Waals surface area contributed by atoms with Gasteiger partial charge in [-0.2, -0.15) is 0 Å². The second-order valence-electron chi connectivity index (χ2n) is 4.96. The van der Waals surface area contributed by atoms with E-state index in [1.807, 2.05) is 29.5 Å². The van der Waals surface area contributed by atoms with Crippen molar-refractivity contribution in [2.24, 2.45) is 0 Å². The highest BCUT2D eigenvalue weighted by Crippen LogP contribution is 2.18. The maximum Gasteiger partial charge on any atom is 0.356 e. The van der Waals surface area contributed by atoms with E-state index in [9.17, 15) is 9.90 Å². The number of ether oxygens (including phenoxy) is 1. The summed E-state index contributed by atoms with van der Waals surface area (Å²) < 4.78 is 7.26. The van der Waals surface area contributed by atoms with Crippen LogP contribution < -0.4 is 0 Å². The average molecular weight is 275 g/mol. The van der Waals surface area contributed by atoms with Crippen LogP contribution in [0.1, 0.15) is 21.9 Å². The first-order chi connectivity index (χ1) is 9.66. The number of rotatable bonds is 3. The van der Waals surface area contributed by atoms with Gasteiger partial charge in [0.15, 0.2) is 5.69 Å². The molecule has 0 radical (unpaired) electrons. The van der Waals surface area contributed by atoms with Crippen molar-refractivity contribution >= 4 is 11.6 Å². The predicted molar refractivity (Wildman–Crippen MR) is 73.0 cm³/mol. The summed E-state index contributed by atoms with van der Waals surface area (Å²) >= 11 is 0. The molecule has 2 aromatic heterocycles. The highest BCUT2D eigenvalue weighted by atomic mass is 16.5. The summed E-state index contributed by atoms with van der Waals surface area (Å²) in [5.41, 5.74) is 2.56. The van der Waals surface area contributed by atoms with Crippen molar-refractivity contribution in [3.05, 3.63) is 35.3 Å². The molecule has 0 aliphatic carbocycles. The maximum atomic E-state index is 11.4. The van der Waals surface area contributed by atoms with Crippen molar-refractivity contribution in [1.29, 1.82) is 0 Å². The van der Waals surface area contributed by atoms with Crippen LogP contribution in [-0.4, -0.2) is 51.7 Å². The zero-order valence-corrected chi connectivity index (χ0v) is 11.4. The molecular formula is C14H17N3O3. The Bertz CT molecular complexity index is 644. The first-order valence-corrected chi connectivity index (χ1v) is 6.67. The predicted octanol–water partition coefficient (Wildman–Crippen LogP) is 1.17. The number of aromatic nitrogens is 2. The van der Waals surface area contributed by atoms with Gasteiger partial charge in [-0.05, 0) is 19.1 Å². The summed E-state index contributed by atoms with van der Waals surface area (Å²) in [5.74, 6) is -0.976. The van der Waals surface area contributed by atoms with E-state index in [2.05, 4.69) is 9.88 Å². The Morgan fingerprint density at radius 1 is 1.40 bits per heavy atom. The fourth-order valence-electron chi connectivity index (χ4n) is 2.61. The van der Waals surface area contributed by atoms with Crippen LogP contribution in [0, 0.1) is 6.92 Å². The Balaban J connectivity index is 2.06. The molecule has 106 valence electrons. The standard InChI is InChI=1S/C14H17N3O3/c1-10-3-2-4-12-15-13(14(18)19)11(17(10)12)9-16-5-7-20-8-6-16/h2-4H,5-9H2,1H3,(H,18,19). The lowest BCUT2D eigenvalue weighted by molar-refractivity contribution is 0.0332. The topological polar surface area (TPSA) is 67.1 Å². The van der Waals surface area contributed by atoms with Gasteiger partial charge < -0.3 is 9.84 Å². The third kappa shape index (κ3) is 2.28. The molecule has 3 rings (SSSR count). The van der Waals surface area contributed by atoms with Gasteiger partial charge in [-0.15, -0.1) is 0 Å². The Morgan fingerprint density at radius 2 is 2.15 bits per heavy atom. The van der Waals surface area contributed by atoms with Crippen LogP contribution in [0.4, 0.5) is 0 Å². The molecule has 6 nitrogen and oxygen atoms in total. The number of fused-ring (bicyclic) bond motifs is 1. The molecule has 3 heterocycles. The van der Waals surface area contributed by atoms with E-state index in [1.54, 1.807) is 0 Å². The Kier molecular flexibility index (Phi) is 3.42. The molecular weight excluding hydrogens is 258 g/mol.